The minimum atomic E-state index is -0.692. The molecule has 0 fully saturated rings. The first kappa shape index (κ1) is 33.1. The topological polar surface area (TPSA) is 87.3 Å². The normalized spacial score (nSPS) is 12.0. The second-order valence-electron chi connectivity index (χ2n) is 9.67. The lowest BCUT2D eigenvalue weighted by atomic mass is 10.1. The molecule has 0 aliphatic rings. The first-order chi connectivity index (χ1) is 17.0. The molecule has 6 nitrogen and oxygen atoms in total. The maximum atomic E-state index is 12.5. The number of hydrogen-bond donors (Lipinski definition) is 3. The van der Waals surface area contributed by atoms with E-state index in [0.717, 1.165) is 38.5 Å². The highest BCUT2D eigenvalue weighted by Gasteiger charge is 2.20. The monoisotopic (exact) mass is 493 g/mol. The van der Waals surface area contributed by atoms with Crippen LogP contribution in [0.25, 0.3) is 0 Å². The van der Waals surface area contributed by atoms with Crippen LogP contribution in [-0.2, 0) is 14.4 Å². The van der Waals surface area contributed by atoms with Gasteiger partial charge in [0.15, 0.2) is 0 Å². The summed E-state index contributed by atoms with van der Waals surface area (Å²) in [5.74, 6) is -0.562. The number of hydrogen-bond acceptors (Lipinski definition) is 3. The average Bonchev–Trinajstić information content (AvgIpc) is 2.84. The Morgan fingerprint density at radius 1 is 0.657 bits per heavy atom. The fraction of sp³-hybridized carbons (Fsp3) is 0.828. The second kappa shape index (κ2) is 25.2. The van der Waals surface area contributed by atoms with E-state index in [0.29, 0.717) is 19.5 Å². The summed E-state index contributed by atoms with van der Waals surface area (Å²) in [7, 11) is 0. The Balaban J connectivity index is 4.17. The summed E-state index contributed by atoms with van der Waals surface area (Å²) in [6, 6.07) is -0.692. The van der Waals surface area contributed by atoms with Gasteiger partial charge in [0.1, 0.15) is 6.04 Å². The molecule has 0 radical (unpaired) electrons. The molecule has 0 aromatic rings. The molecular weight excluding hydrogens is 438 g/mol. The van der Waals surface area contributed by atoms with Crippen molar-refractivity contribution >= 4 is 17.7 Å². The van der Waals surface area contributed by atoms with Crippen LogP contribution in [0.1, 0.15) is 136 Å². The van der Waals surface area contributed by atoms with Crippen molar-refractivity contribution in [3.8, 4) is 0 Å². The Kier molecular flexibility index (Phi) is 23.9. The van der Waals surface area contributed by atoms with Gasteiger partial charge in [-0.2, -0.15) is 0 Å². The maximum absolute atomic E-state index is 12.5. The van der Waals surface area contributed by atoms with E-state index in [-0.39, 0.29) is 24.1 Å². The van der Waals surface area contributed by atoms with Crippen LogP contribution in [0.3, 0.4) is 0 Å². The highest BCUT2D eigenvalue weighted by Crippen LogP contribution is 2.12. The van der Waals surface area contributed by atoms with Crippen LogP contribution >= 0.6 is 0 Å². The third-order valence-corrected chi connectivity index (χ3v) is 6.22. The zero-order valence-electron chi connectivity index (χ0n) is 23.1. The van der Waals surface area contributed by atoms with E-state index in [1.165, 1.54) is 70.3 Å². The first-order valence-corrected chi connectivity index (χ1v) is 14.6. The van der Waals surface area contributed by atoms with Crippen molar-refractivity contribution in [3.05, 3.63) is 12.2 Å². The summed E-state index contributed by atoms with van der Waals surface area (Å²) in [6.45, 7) is 7.62. The third kappa shape index (κ3) is 22.4. The molecule has 0 unspecified atom stereocenters. The summed E-state index contributed by atoms with van der Waals surface area (Å²) in [5, 5.41) is 8.53. The lowest BCUT2D eigenvalue weighted by molar-refractivity contribution is -0.128. The Morgan fingerprint density at radius 2 is 1.17 bits per heavy atom. The van der Waals surface area contributed by atoms with Crippen LogP contribution in [0.15, 0.2) is 12.2 Å². The predicted octanol–water partition coefficient (Wildman–Crippen LogP) is 6.34. The number of carbonyl (C=O) groups excluding carboxylic acids is 3. The molecule has 0 aromatic carbocycles. The number of unbranched alkanes of at least 4 members (excludes halogenated alkanes) is 13. The molecule has 1 atom stereocenters. The molecule has 35 heavy (non-hydrogen) atoms. The van der Waals surface area contributed by atoms with Crippen molar-refractivity contribution in [2.45, 2.75) is 142 Å². The second-order valence-corrected chi connectivity index (χ2v) is 9.67. The van der Waals surface area contributed by atoms with Crippen LogP contribution in [0, 0.1) is 0 Å². The van der Waals surface area contributed by atoms with Crippen LogP contribution < -0.4 is 16.0 Å². The van der Waals surface area contributed by atoms with Gasteiger partial charge < -0.3 is 16.0 Å². The van der Waals surface area contributed by atoms with Crippen LogP contribution in [-0.4, -0.2) is 36.9 Å². The van der Waals surface area contributed by atoms with Gasteiger partial charge in [-0.15, -0.1) is 0 Å². The molecule has 0 spiro atoms. The number of rotatable bonds is 24. The predicted molar refractivity (Wildman–Crippen MR) is 147 cm³/mol. The summed E-state index contributed by atoms with van der Waals surface area (Å²) in [5.41, 5.74) is 0. The van der Waals surface area contributed by atoms with Gasteiger partial charge in [-0.3, -0.25) is 14.4 Å². The summed E-state index contributed by atoms with van der Waals surface area (Å²) in [4.78, 5) is 36.9. The van der Waals surface area contributed by atoms with E-state index in [1.807, 2.05) is 6.08 Å². The van der Waals surface area contributed by atoms with Crippen molar-refractivity contribution < 1.29 is 14.4 Å². The number of carbonyl (C=O) groups is 3. The number of nitrogens with one attached hydrogen (secondary N) is 3. The van der Waals surface area contributed by atoms with Gasteiger partial charge in [-0.1, -0.05) is 104 Å². The molecule has 3 amide bonds. The van der Waals surface area contributed by atoms with E-state index in [9.17, 15) is 14.4 Å². The number of allylic oxidation sites excluding steroid dienone is 1. The summed E-state index contributed by atoms with van der Waals surface area (Å²) >= 11 is 0. The quantitative estimate of drug-likeness (QED) is 0.108. The van der Waals surface area contributed by atoms with Crippen LogP contribution in [0.4, 0.5) is 0 Å². The smallest absolute Gasteiger partial charge is 0.244 e. The minimum absolute atomic E-state index is 0.0777. The van der Waals surface area contributed by atoms with Crippen molar-refractivity contribution in [2.24, 2.45) is 0 Å². The Hall–Kier alpha value is -1.85. The molecule has 0 aromatic heterocycles. The van der Waals surface area contributed by atoms with Crippen molar-refractivity contribution in [1.82, 2.24) is 16.0 Å². The fourth-order valence-corrected chi connectivity index (χ4v) is 3.89. The van der Waals surface area contributed by atoms with Crippen molar-refractivity contribution in [2.75, 3.05) is 13.1 Å². The maximum Gasteiger partial charge on any atom is 0.244 e. The van der Waals surface area contributed by atoms with E-state index >= 15 is 0 Å². The highest BCUT2D eigenvalue weighted by molar-refractivity contribution is 5.93. The van der Waals surface area contributed by atoms with Crippen molar-refractivity contribution in [1.29, 1.82) is 0 Å². The van der Waals surface area contributed by atoms with Crippen molar-refractivity contribution in [3.63, 3.8) is 0 Å². The average molecular weight is 494 g/mol. The highest BCUT2D eigenvalue weighted by atomic mass is 16.2. The molecule has 204 valence electrons. The van der Waals surface area contributed by atoms with Gasteiger partial charge in [0, 0.05) is 19.5 Å². The van der Waals surface area contributed by atoms with Gasteiger partial charge >= 0.3 is 0 Å². The molecule has 0 bridgehead atoms. The standard InChI is InChI=1S/C29H55N3O3/c1-4-7-10-11-12-13-14-15-16-17-18-19-20-21-28(34)32-26(29(35)31-25-9-6-3)22-23-27(33)30-24-8-5-2/h20-21,26H,4-19,22-25H2,1-3H3,(H,30,33)(H,31,35)(H,32,34)/b21-20+/t26-/m0/s1. The Bertz CT molecular complexity index is 563. The van der Waals surface area contributed by atoms with E-state index in [4.69, 9.17) is 0 Å². The van der Waals surface area contributed by atoms with Gasteiger partial charge in [0.05, 0.1) is 0 Å². The Morgan fingerprint density at radius 3 is 1.74 bits per heavy atom. The molecular formula is C29H55N3O3. The molecule has 0 aliphatic carbocycles. The molecule has 0 heterocycles. The van der Waals surface area contributed by atoms with Gasteiger partial charge in [-0.05, 0) is 38.2 Å². The first-order valence-electron chi connectivity index (χ1n) is 14.6. The SMILES string of the molecule is CCCCCCCCCCCCC/C=C/C(=O)N[C@@H](CCC(=O)NCCCC)C(=O)NCCCC. The van der Waals surface area contributed by atoms with Crippen LogP contribution in [0.5, 0.6) is 0 Å². The molecule has 0 rings (SSSR count). The summed E-state index contributed by atoms with van der Waals surface area (Å²) in [6.07, 6.45) is 23.0. The van der Waals surface area contributed by atoms with E-state index in [1.54, 1.807) is 0 Å². The minimum Gasteiger partial charge on any atom is -0.356 e. The zero-order chi connectivity index (χ0) is 26.0. The van der Waals surface area contributed by atoms with E-state index < -0.39 is 6.04 Å². The third-order valence-electron chi connectivity index (χ3n) is 6.22. The van der Waals surface area contributed by atoms with Gasteiger partial charge in [-0.25, -0.2) is 0 Å². The number of amides is 3. The lowest BCUT2D eigenvalue weighted by Gasteiger charge is -2.17. The summed E-state index contributed by atoms with van der Waals surface area (Å²) < 4.78 is 0. The Labute approximate surface area is 215 Å². The molecule has 0 saturated carbocycles. The molecule has 0 aliphatic heterocycles. The van der Waals surface area contributed by atoms with Crippen LogP contribution in [0.2, 0.25) is 0 Å². The lowest BCUT2D eigenvalue weighted by Crippen LogP contribution is -2.47. The zero-order valence-corrected chi connectivity index (χ0v) is 23.1. The fourth-order valence-electron chi connectivity index (χ4n) is 3.89. The largest absolute Gasteiger partial charge is 0.356 e. The molecule has 3 N–H and O–H groups in total. The van der Waals surface area contributed by atoms with Gasteiger partial charge in [0.2, 0.25) is 17.7 Å². The van der Waals surface area contributed by atoms with E-state index in [2.05, 4.69) is 36.7 Å². The molecule has 0 saturated heterocycles. The molecule has 6 heteroatoms. The van der Waals surface area contributed by atoms with Gasteiger partial charge in [0.25, 0.3) is 0 Å².